The third-order valence-corrected chi connectivity index (χ3v) is 4.38. The van der Waals surface area contributed by atoms with Gasteiger partial charge in [-0.3, -0.25) is 0 Å². The van der Waals surface area contributed by atoms with Crippen molar-refractivity contribution in [3.63, 3.8) is 0 Å². The zero-order valence-electron chi connectivity index (χ0n) is 12.6. The predicted molar refractivity (Wildman–Crippen MR) is 88.8 cm³/mol. The first-order valence-electron chi connectivity index (χ1n) is 6.60. The average Bonchev–Trinajstić information content (AvgIpc) is 2.63. The molecule has 0 bridgehead atoms. The second-order valence-corrected chi connectivity index (χ2v) is 6.68. The molecule has 4 nitrogen and oxygen atoms in total. The molecule has 1 heterocycles. The molecule has 1 aromatic rings. The number of anilines is 1. The summed E-state index contributed by atoms with van der Waals surface area (Å²) in [6.07, 6.45) is 1.05. The van der Waals surface area contributed by atoms with Gasteiger partial charge in [0.15, 0.2) is 5.11 Å². The smallest absolute Gasteiger partial charge is 0.341 e. The van der Waals surface area contributed by atoms with Gasteiger partial charge in [0.05, 0.1) is 12.7 Å². The fraction of sp³-hybridized carbons (Fsp3) is 0.571. The number of methoxy groups -OCH3 is 1. The van der Waals surface area contributed by atoms with E-state index in [4.69, 9.17) is 17.0 Å². The topological polar surface area (TPSA) is 50.4 Å². The van der Waals surface area contributed by atoms with Crippen LogP contribution >= 0.6 is 23.6 Å². The molecule has 0 unspecified atom stereocenters. The van der Waals surface area contributed by atoms with Crippen LogP contribution in [0.25, 0.3) is 0 Å². The molecule has 1 rings (SSSR count). The molecule has 0 aromatic carbocycles. The normalized spacial score (nSPS) is 10.5. The molecule has 0 saturated heterocycles. The Balaban J connectivity index is 2.74. The summed E-state index contributed by atoms with van der Waals surface area (Å²) >= 11 is 6.77. The van der Waals surface area contributed by atoms with Crippen molar-refractivity contribution < 1.29 is 9.53 Å². The van der Waals surface area contributed by atoms with Crippen LogP contribution in [0, 0.1) is 19.8 Å². The Morgan fingerprint density at radius 3 is 2.60 bits per heavy atom. The summed E-state index contributed by atoms with van der Waals surface area (Å²) in [5.74, 6) is 0.293. The number of carbonyl (C=O) groups is 1. The predicted octanol–water partition coefficient (Wildman–Crippen LogP) is 3.48. The highest BCUT2D eigenvalue weighted by atomic mass is 32.1. The van der Waals surface area contributed by atoms with Crippen LogP contribution in [-0.2, 0) is 4.74 Å². The van der Waals surface area contributed by atoms with E-state index < -0.39 is 0 Å². The van der Waals surface area contributed by atoms with E-state index in [-0.39, 0.29) is 5.97 Å². The molecule has 0 saturated carbocycles. The van der Waals surface area contributed by atoms with Crippen molar-refractivity contribution in [2.45, 2.75) is 34.1 Å². The molecule has 20 heavy (non-hydrogen) atoms. The fourth-order valence-corrected chi connectivity index (χ4v) is 3.01. The van der Waals surface area contributed by atoms with Crippen molar-refractivity contribution in [2.75, 3.05) is 19.0 Å². The summed E-state index contributed by atoms with van der Waals surface area (Å²) < 4.78 is 4.83. The maximum Gasteiger partial charge on any atom is 0.341 e. The van der Waals surface area contributed by atoms with Crippen molar-refractivity contribution in [2.24, 2.45) is 5.92 Å². The second-order valence-electron chi connectivity index (χ2n) is 5.04. The molecular formula is C14H22N2O2S2. The van der Waals surface area contributed by atoms with E-state index in [1.165, 1.54) is 18.4 Å². The Hall–Kier alpha value is -1.14. The number of hydrogen-bond donors (Lipinski definition) is 2. The summed E-state index contributed by atoms with van der Waals surface area (Å²) in [4.78, 5) is 12.9. The van der Waals surface area contributed by atoms with Crippen LogP contribution in [0.2, 0.25) is 0 Å². The van der Waals surface area contributed by atoms with E-state index in [0.29, 0.717) is 16.6 Å². The van der Waals surface area contributed by atoms with E-state index >= 15 is 0 Å². The molecular weight excluding hydrogens is 292 g/mol. The molecule has 0 aliphatic carbocycles. The summed E-state index contributed by atoms with van der Waals surface area (Å²) in [5, 5.41) is 7.53. The first-order chi connectivity index (χ1) is 9.36. The van der Waals surface area contributed by atoms with Gasteiger partial charge in [0.25, 0.3) is 0 Å². The number of carbonyl (C=O) groups excluding carboxylic acids is 1. The van der Waals surface area contributed by atoms with E-state index in [1.54, 1.807) is 0 Å². The number of nitrogens with one attached hydrogen (secondary N) is 2. The quantitative estimate of drug-likeness (QED) is 0.643. The number of esters is 1. The van der Waals surface area contributed by atoms with Crippen molar-refractivity contribution >= 4 is 39.6 Å². The van der Waals surface area contributed by atoms with Gasteiger partial charge in [0.1, 0.15) is 5.00 Å². The Kier molecular flexibility index (Phi) is 6.42. The minimum absolute atomic E-state index is 0.334. The number of ether oxygens (including phenoxy) is 1. The highest BCUT2D eigenvalue weighted by molar-refractivity contribution is 7.80. The van der Waals surface area contributed by atoms with Crippen LogP contribution in [0.3, 0.4) is 0 Å². The lowest BCUT2D eigenvalue weighted by Crippen LogP contribution is -2.30. The standard InChI is InChI=1S/C14H22N2O2S2/c1-8(2)6-7-15-14(19)16-12-11(13(17)18-5)9(3)10(4)20-12/h8H,6-7H2,1-5H3,(H2,15,16,19). The van der Waals surface area contributed by atoms with Gasteiger partial charge in [-0.1, -0.05) is 13.8 Å². The highest BCUT2D eigenvalue weighted by Crippen LogP contribution is 2.32. The van der Waals surface area contributed by atoms with Crippen molar-refractivity contribution in [1.82, 2.24) is 5.32 Å². The van der Waals surface area contributed by atoms with Gasteiger partial charge in [-0.2, -0.15) is 0 Å². The zero-order valence-corrected chi connectivity index (χ0v) is 14.3. The molecule has 2 N–H and O–H groups in total. The minimum Gasteiger partial charge on any atom is -0.465 e. The SMILES string of the molecule is COC(=O)c1c(NC(=S)NCCC(C)C)sc(C)c1C. The number of aryl methyl sites for hydroxylation is 1. The highest BCUT2D eigenvalue weighted by Gasteiger charge is 2.20. The maximum absolute atomic E-state index is 11.8. The third-order valence-electron chi connectivity index (χ3n) is 3.01. The van der Waals surface area contributed by atoms with Crippen LogP contribution in [0.15, 0.2) is 0 Å². The average molecular weight is 314 g/mol. The lowest BCUT2D eigenvalue weighted by molar-refractivity contribution is 0.0601. The largest absolute Gasteiger partial charge is 0.465 e. The molecule has 0 amide bonds. The fourth-order valence-electron chi connectivity index (χ4n) is 1.68. The first kappa shape index (κ1) is 16.9. The number of hydrogen-bond acceptors (Lipinski definition) is 4. The molecule has 112 valence electrons. The molecule has 0 spiro atoms. The molecule has 0 aliphatic heterocycles. The lowest BCUT2D eigenvalue weighted by Gasteiger charge is -2.11. The Bertz CT molecular complexity index is 496. The summed E-state index contributed by atoms with van der Waals surface area (Å²) in [5.41, 5.74) is 1.51. The van der Waals surface area contributed by atoms with Crippen molar-refractivity contribution in [1.29, 1.82) is 0 Å². The Labute approximate surface area is 129 Å². The van der Waals surface area contributed by atoms with Gasteiger partial charge in [-0.15, -0.1) is 11.3 Å². The van der Waals surface area contributed by atoms with Crippen LogP contribution in [0.5, 0.6) is 0 Å². The molecule has 1 aromatic heterocycles. The van der Waals surface area contributed by atoms with Crippen LogP contribution in [-0.4, -0.2) is 24.7 Å². The van der Waals surface area contributed by atoms with Gasteiger partial charge in [-0.25, -0.2) is 4.79 Å². The van der Waals surface area contributed by atoms with Gasteiger partial charge in [0, 0.05) is 11.4 Å². The summed E-state index contributed by atoms with van der Waals surface area (Å²) in [6, 6.07) is 0. The number of thiophene rings is 1. The van der Waals surface area contributed by atoms with Gasteiger partial charge >= 0.3 is 5.97 Å². The summed E-state index contributed by atoms with van der Waals surface area (Å²) in [7, 11) is 1.39. The van der Waals surface area contributed by atoms with Crippen molar-refractivity contribution in [3.05, 3.63) is 16.0 Å². The zero-order chi connectivity index (χ0) is 15.3. The Morgan fingerprint density at radius 2 is 2.05 bits per heavy atom. The maximum atomic E-state index is 11.8. The van der Waals surface area contributed by atoms with Crippen LogP contribution in [0.4, 0.5) is 5.00 Å². The Morgan fingerprint density at radius 1 is 1.40 bits per heavy atom. The minimum atomic E-state index is -0.334. The first-order valence-corrected chi connectivity index (χ1v) is 7.82. The summed E-state index contributed by atoms with van der Waals surface area (Å²) in [6.45, 7) is 9.05. The van der Waals surface area contributed by atoms with Crippen molar-refractivity contribution in [3.8, 4) is 0 Å². The molecule has 0 aliphatic rings. The van der Waals surface area contributed by atoms with Gasteiger partial charge in [0.2, 0.25) is 0 Å². The lowest BCUT2D eigenvalue weighted by atomic mass is 10.1. The van der Waals surface area contributed by atoms with Gasteiger partial charge < -0.3 is 15.4 Å². The molecule has 0 atom stereocenters. The second kappa shape index (κ2) is 7.59. The van der Waals surface area contributed by atoms with Gasteiger partial charge in [-0.05, 0) is 44.0 Å². The van der Waals surface area contributed by atoms with Crippen LogP contribution in [0.1, 0.15) is 41.1 Å². The molecule has 6 heteroatoms. The number of rotatable bonds is 5. The van der Waals surface area contributed by atoms with E-state index in [0.717, 1.165) is 28.4 Å². The molecule has 0 radical (unpaired) electrons. The molecule has 0 fully saturated rings. The van der Waals surface area contributed by atoms with Crippen LogP contribution < -0.4 is 10.6 Å². The number of thiocarbonyl (C=S) groups is 1. The monoisotopic (exact) mass is 314 g/mol. The van der Waals surface area contributed by atoms with E-state index in [1.807, 2.05) is 13.8 Å². The van der Waals surface area contributed by atoms with E-state index in [2.05, 4.69) is 24.5 Å². The van der Waals surface area contributed by atoms with E-state index in [9.17, 15) is 4.79 Å². The third kappa shape index (κ3) is 4.45.